The van der Waals surface area contributed by atoms with Crippen LogP contribution in [0.3, 0.4) is 0 Å². The third-order valence-electron chi connectivity index (χ3n) is 2.76. The van der Waals surface area contributed by atoms with E-state index in [0.29, 0.717) is 17.9 Å². The zero-order valence-electron chi connectivity index (χ0n) is 9.40. The van der Waals surface area contributed by atoms with Gasteiger partial charge in [0, 0.05) is 11.6 Å². The minimum Gasteiger partial charge on any atom is -0.488 e. The predicted molar refractivity (Wildman–Crippen MR) is 62.3 cm³/mol. The van der Waals surface area contributed by atoms with Gasteiger partial charge in [-0.15, -0.1) is 0 Å². The fourth-order valence-corrected chi connectivity index (χ4v) is 1.94. The summed E-state index contributed by atoms with van der Waals surface area (Å²) in [5, 5.41) is 0.862. The van der Waals surface area contributed by atoms with Crippen molar-refractivity contribution in [2.45, 2.75) is 6.92 Å². The van der Waals surface area contributed by atoms with Gasteiger partial charge in [0.2, 0.25) is 0 Å². The van der Waals surface area contributed by atoms with Crippen LogP contribution in [0, 0.1) is 6.92 Å². The van der Waals surface area contributed by atoms with Gasteiger partial charge in [-0.3, -0.25) is 4.98 Å². The van der Waals surface area contributed by atoms with E-state index < -0.39 is 0 Å². The van der Waals surface area contributed by atoms with Crippen molar-refractivity contribution >= 4 is 16.9 Å². The lowest BCUT2D eigenvalue weighted by Crippen LogP contribution is -2.05. The predicted octanol–water partition coefficient (Wildman–Crippen LogP) is 2.09. The SMILES string of the molecule is Cc1ccc2ncc3c(c2c1)OCCOC3=O. The second-order valence-electron chi connectivity index (χ2n) is 4.01. The zero-order chi connectivity index (χ0) is 11.8. The summed E-state index contributed by atoms with van der Waals surface area (Å²) in [4.78, 5) is 15.9. The van der Waals surface area contributed by atoms with E-state index in [1.165, 1.54) is 6.20 Å². The molecule has 0 atom stereocenters. The van der Waals surface area contributed by atoms with Crippen LogP contribution in [0.4, 0.5) is 0 Å². The number of nitrogens with zero attached hydrogens (tertiary/aromatic N) is 1. The summed E-state index contributed by atoms with van der Waals surface area (Å²) in [6.45, 7) is 2.65. The number of aromatic nitrogens is 1. The van der Waals surface area contributed by atoms with E-state index in [2.05, 4.69) is 4.98 Å². The Bertz CT molecular complexity index is 607. The van der Waals surface area contributed by atoms with E-state index in [1.807, 2.05) is 25.1 Å². The van der Waals surface area contributed by atoms with Crippen LogP contribution >= 0.6 is 0 Å². The molecule has 86 valence electrons. The fourth-order valence-electron chi connectivity index (χ4n) is 1.94. The first-order valence-corrected chi connectivity index (χ1v) is 5.45. The molecule has 0 N–H and O–H groups in total. The first kappa shape index (κ1) is 10.1. The number of aryl methyl sites for hydroxylation is 1. The first-order chi connectivity index (χ1) is 8.25. The Kier molecular flexibility index (Phi) is 2.21. The molecule has 0 bridgehead atoms. The van der Waals surface area contributed by atoms with Crippen molar-refractivity contribution in [3.05, 3.63) is 35.5 Å². The fraction of sp³-hybridized carbons (Fsp3) is 0.231. The van der Waals surface area contributed by atoms with E-state index in [4.69, 9.17) is 9.47 Å². The number of carbonyl (C=O) groups is 1. The lowest BCUT2D eigenvalue weighted by Gasteiger charge is -2.08. The van der Waals surface area contributed by atoms with Crippen molar-refractivity contribution in [1.82, 2.24) is 4.98 Å². The number of benzene rings is 1. The average molecular weight is 229 g/mol. The van der Waals surface area contributed by atoms with E-state index >= 15 is 0 Å². The smallest absolute Gasteiger partial charge is 0.343 e. The molecule has 0 aliphatic carbocycles. The number of esters is 1. The molecule has 2 heterocycles. The molecule has 0 spiro atoms. The molecule has 0 saturated carbocycles. The Morgan fingerprint density at radius 3 is 2.94 bits per heavy atom. The highest BCUT2D eigenvalue weighted by atomic mass is 16.6. The van der Waals surface area contributed by atoms with Crippen molar-refractivity contribution in [3.8, 4) is 5.75 Å². The Morgan fingerprint density at radius 1 is 1.24 bits per heavy atom. The summed E-state index contributed by atoms with van der Waals surface area (Å²) < 4.78 is 10.6. The zero-order valence-corrected chi connectivity index (χ0v) is 9.40. The van der Waals surface area contributed by atoms with Crippen LogP contribution in [-0.2, 0) is 4.74 Å². The molecule has 4 heteroatoms. The number of fused-ring (bicyclic) bond motifs is 3. The molecule has 1 aromatic carbocycles. The van der Waals surface area contributed by atoms with Crippen LogP contribution in [0.1, 0.15) is 15.9 Å². The van der Waals surface area contributed by atoms with Crippen molar-refractivity contribution in [2.24, 2.45) is 0 Å². The van der Waals surface area contributed by atoms with Crippen LogP contribution in [0.2, 0.25) is 0 Å². The maximum Gasteiger partial charge on any atom is 0.343 e. The maximum absolute atomic E-state index is 11.7. The molecule has 2 aromatic rings. The summed E-state index contributed by atoms with van der Waals surface area (Å²) in [5.41, 5.74) is 2.33. The van der Waals surface area contributed by atoms with Crippen LogP contribution in [-0.4, -0.2) is 24.2 Å². The van der Waals surface area contributed by atoms with Gasteiger partial charge < -0.3 is 9.47 Å². The van der Waals surface area contributed by atoms with E-state index in [0.717, 1.165) is 16.5 Å². The third kappa shape index (κ3) is 1.62. The van der Waals surface area contributed by atoms with E-state index in [-0.39, 0.29) is 12.6 Å². The van der Waals surface area contributed by atoms with Crippen molar-refractivity contribution in [3.63, 3.8) is 0 Å². The van der Waals surface area contributed by atoms with Gasteiger partial charge in [-0.25, -0.2) is 4.79 Å². The Morgan fingerprint density at radius 2 is 2.06 bits per heavy atom. The number of hydrogen-bond donors (Lipinski definition) is 0. The van der Waals surface area contributed by atoms with Gasteiger partial charge in [0.15, 0.2) is 0 Å². The lowest BCUT2D eigenvalue weighted by atomic mass is 10.1. The second kappa shape index (κ2) is 3.73. The van der Waals surface area contributed by atoms with Crippen molar-refractivity contribution in [2.75, 3.05) is 13.2 Å². The number of ether oxygens (including phenoxy) is 2. The molecule has 0 fully saturated rings. The molecule has 17 heavy (non-hydrogen) atoms. The van der Waals surface area contributed by atoms with Gasteiger partial charge in [-0.2, -0.15) is 0 Å². The highest BCUT2D eigenvalue weighted by molar-refractivity contribution is 6.00. The van der Waals surface area contributed by atoms with Gasteiger partial charge >= 0.3 is 5.97 Å². The summed E-state index contributed by atoms with van der Waals surface area (Å²) in [5.74, 6) is 0.217. The van der Waals surface area contributed by atoms with Gasteiger partial charge in [-0.05, 0) is 19.1 Å². The molecule has 0 radical (unpaired) electrons. The lowest BCUT2D eigenvalue weighted by molar-refractivity contribution is 0.0492. The number of carbonyl (C=O) groups excluding carboxylic acids is 1. The van der Waals surface area contributed by atoms with Gasteiger partial charge in [-0.1, -0.05) is 11.6 Å². The van der Waals surface area contributed by atoms with Gasteiger partial charge in [0.25, 0.3) is 0 Å². The second-order valence-corrected chi connectivity index (χ2v) is 4.01. The van der Waals surface area contributed by atoms with Crippen LogP contribution in [0.5, 0.6) is 5.75 Å². The Hall–Kier alpha value is -2.10. The van der Waals surface area contributed by atoms with Gasteiger partial charge in [0.1, 0.15) is 24.5 Å². The third-order valence-corrected chi connectivity index (χ3v) is 2.76. The molecule has 0 amide bonds. The number of cyclic esters (lactones) is 1. The molecular formula is C13H11NO3. The van der Waals surface area contributed by atoms with Crippen LogP contribution in [0.25, 0.3) is 10.9 Å². The van der Waals surface area contributed by atoms with Crippen LogP contribution in [0.15, 0.2) is 24.4 Å². The molecule has 1 aliphatic heterocycles. The summed E-state index contributed by atoms with van der Waals surface area (Å²) in [7, 11) is 0. The Labute approximate surface area is 98.2 Å². The molecule has 1 aromatic heterocycles. The van der Waals surface area contributed by atoms with E-state index in [9.17, 15) is 4.79 Å². The minimum absolute atomic E-state index is 0.279. The number of pyridine rings is 1. The minimum atomic E-state index is -0.367. The van der Waals surface area contributed by atoms with Crippen LogP contribution < -0.4 is 4.74 Å². The van der Waals surface area contributed by atoms with Crippen molar-refractivity contribution < 1.29 is 14.3 Å². The molecule has 0 unspecified atom stereocenters. The quantitative estimate of drug-likeness (QED) is 0.649. The van der Waals surface area contributed by atoms with Crippen molar-refractivity contribution in [1.29, 1.82) is 0 Å². The largest absolute Gasteiger partial charge is 0.488 e. The average Bonchev–Trinajstić information content (AvgIpc) is 2.52. The topological polar surface area (TPSA) is 48.4 Å². The summed E-state index contributed by atoms with van der Waals surface area (Å²) in [6.07, 6.45) is 1.51. The molecule has 4 nitrogen and oxygen atoms in total. The van der Waals surface area contributed by atoms with Gasteiger partial charge in [0.05, 0.1) is 5.52 Å². The molecule has 3 rings (SSSR count). The number of rotatable bonds is 0. The first-order valence-electron chi connectivity index (χ1n) is 5.45. The highest BCUT2D eigenvalue weighted by Gasteiger charge is 2.21. The van der Waals surface area contributed by atoms with E-state index in [1.54, 1.807) is 0 Å². The normalized spacial score (nSPS) is 14.8. The maximum atomic E-state index is 11.7. The molecule has 0 saturated heterocycles. The summed E-state index contributed by atoms with van der Waals surface area (Å²) in [6, 6.07) is 5.88. The standard InChI is InChI=1S/C13H11NO3/c1-8-2-3-11-9(6-8)12-10(7-14-11)13(15)17-5-4-16-12/h2-3,6-7H,4-5H2,1H3. The monoisotopic (exact) mass is 229 g/mol. The summed E-state index contributed by atoms with van der Waals surface area (Å²) >= 11 is 0. The molecule has 1 aliphatic rings. The highest BCUT2D eigenvalue weighted by Crippen LogP contribution is 2.30. The molecular weight excluding hydrogens is 218 g/mol. The number of hydrogen-bond acceptors (Lipinski definition) is 4. The Balaban J connectivity index is 2.33.